The van der Waals surface area contributed by atoms with Crippen LogP contribution in [-0.2, 0) is 4.79 Å². The van der Waals surface area contributed by atoms with Crippen molar-refractivity contribution in [1.29, 1.82) is 0 Å². The highest BCUT2D eigenvalue weighted by atomic mass is 32.2. The Morgan fingerprint density at radius 2 is 2.12 bits per heavy atom. The maximum atomic E-state index is 9.88. The molecular formula is C18H26N4OS. The van der Waals surface area contributed by atoms with Crippen LogP contribution in [0.4, 0.5) is 0 Å². The van der Waals surface area contributed by atoms with Crippen molar-refractivity contribution in [1.82, 2.24) is 15.7 Å². The van der Waals surface area contributed by atoms with Gasteiger partial charge in [0.1, 0.15) is 6.29 Å². The van der Waals surface area contributed by atoms with Crippen LogP contribution in [0, 0.1) is 0 Å². The molecule has 130 valence electrons. The van der Waals surface area contributed by atoms with E-state index in [1.165, 1.54) is 11.1 Å². The van der Waals surface area contributed by atoms with E-state index in [4.69, 9.17) is 0 Å². The molecule has 1 aliphatic heterocycles. The Morgan fingerprint density at radius 1 is 1.42 bits per heavy atom. The summed E-state index contributed by atoms with van der Waals surface area (Å²) in [6.07, 6.45) is 9.00. The molecule has 0 saturated heterocycles. The molecule has 24 heavy (non-hydrogen) atoms. The zero-order valence-corrected chi connectivity index (χ0v) is 15.6. The van der Waals surface area contributed by atoms with E-state index in [1.807, 2.05) is 38.4 Å². The number of pyridine rings is 1. The molecule has 1 aromatic heterocycles. The lowest BCUT2D eigenvalue weighted by Crippen LogP contribution is -2.28. The lowest BCUT2D eigenvalue weighted by Gasteiger charge is -2.19. The molecule has 0 unspecified atom stereocenters. The SMILES string of the molecule is C/C=C(/CC=O)SC.CNCC1=C(C)CNN=C1c1ccncc1. The van der Waals surface area contributed by atoms with Gasteiger partial charge in [-0.15, -0.1) is 11.8 Å². The standard InChI is InChI=1S/C12H16N4.C6H10OS/c1-9-7-15-16-12(11(9)8-13-2)10-3-5-14-6-4-10;1-3-6(8-2)4-5-7/h3-6,13,15H,7-8H2,1-2H3;3,5H,4H2,1-2H3/b;6-3-. The lowest BCUT2D eigenvalue weighted by molar-refractivity contribution is -0.107. The summed E-state index contributed by atoms with van der Waals surface area (Å²) >= 11 is 1.62. The molecular weight excluding hydrogens is 320 g/mol. The van der Waals surface area contributed by atoms with E-state index in [2.05, 4.69) is 27.8 Å². The average molecular weight is 347 g/mol. The van der Waals surface area contributed by atoms with Gasteiger partial charge in [-0.25, -0.2) is 0 Å². The third-order valence-corrected chi connectivity index (χ3v) is 4.44. The number of hydrazone groups is 1. The monoisotopic (exact) mass is 346 g/mol. The molecule has 0 aliphatic carbocycles. The number of carbonyl (C=O) groups excluding carboxylic acids is 1. The molecule has 0 radical (unpaired) electrons. The van der Waals surface area contributed by atoms with E-state index in [1.54, 1.807) is 24.2 Å². The van der Waals surface area contributed by atoms with Crippen molar-refractivity contribution >= 4 is 23.8 Å². The second-order valence-electron chi connectivity index (χ2n) is 5.15. The van der Waals surface area contributed by atoms with Gasteiger partial charge in [0.2, 0.25) is 0 Å². The minimum absolute atomic E-state index is 0.567. The summed E-state index contributed by atoms with van der Waals surface area (Å²) in [7, 11) is 1.95. The smallest absolute Gasteiger partial charge is 0.124 e. The molecule has 0 aromatic carbocycles. The van der Waals surface area contributed by atoms with Crippen molar-refractivity contribution in [3.05, 3.63) is 52.2 Å². The summed E-state index contributed by atoms with van der Waals surface area (Å²) in [6.45, 7) is 5.74. The maximum absolute atomic E-state index is 9.88. The Morgan fingerprint density at radius 3 is 2.62 bits per heavy atom. The van der Waals surface area contributed by atoms with Gasteiger partial charge in [0, 0.05) is 30.9 Å². The van der Waals surface area contributed by atoms with Crippen molar-refractivity contribution in [2.45, 2.75) is 20.3 Å². The fraction of sp³-hybridized carbons (Fsp3) is 0.389. The number of carbonyl (C=O) groups is 1. The number of allylic oxidation sites excluding steroid dienone is 2. The quantitative estimate of drug-likeness (QED) is 0.776. The summed E-state index contributed by atoms with van der Waals surface area (Å²) in [6, 6.07) is 3.96. The average Bonchev–Trinajstić information content (AvgIpc) is 2.63. The minimum Gasteiger partial charge on any atom is -0.316 e. The van der Waals surface area contributed by atoms with Gasteiger partial charge in [-0.2, -0.15) is 5.10 Å². The Hall–Kier alpha value is -1.92. The second-order valence-corrected chi connectivity index (χ2v) is 6.08. The van der Waals surface area contributed by atoms with Crippen molar-refractivity contribution in [3.63, 3.8) is 0 Å². The van der Waals surface area contributed by atoms with Crippen molar-refractivity contribution in [2.24, 2.45) is 5.10 Å². The zero-order valence-electron chi connectivity index (χ0n) is 14.8. The van der Waals surface area contributed by atoms with E-state index in [0.29, 0.717) is 6.42 Å². The third kappa shape index (κ3) is 6.29. The summed E-state index contributed by atoms with van der Waals surface area (Å²) in [5.74, 6) is 0. The fourth-order valence-corrected chi connectivity index (χ4v) is 2.64. The summed E-state index contributed by atoms with van der Waals surface area (Å²) in [4.78, 5) is 15.0. The molecule has 0 fully saturated rings. The Labute approximate surface area is 148 Å². The van der Waals surface area contributed by atoms with Gasteiger partial charge >= 0.3 is 0 Å². The van der Waals surface area contributed by atoms with Gasteiger partial charge < -0.3 is 15.5 Å². The van der Waals surface area contributed by atoms with Crippen LogP contribution < -0.4 is 10.7 Å². The molecule has 0 amide bonds. The van der Waals surface area contributed by atoms with Crippen LogP contribution in [0.3, 0.4) is 0 Å². The maximum Gasteiger partial charge on any atom is 0.124 e. The molecule has 0 bridgehead atoms. The number of likely N-dealkylation sites (N-methyl/N-ethyl adjacent to an activating group) is 1. The van der Waals surface area contributed by atoms with Gasteiger partial charge in [-0.3, -0.25) is 4.98 Å². The molecule has 0 saturated carbocycles. The van der Waals surface area contributed by atoms with Gasteiger partial charge in [-0.05, 0) is 55.3 Å². The number of thioether (sulfide) groups is 1. The van der Waals surface area contributed by atoms with Crippen LogP contribution in [0.5, 0.6) is 0 Å². The molecule has 0 atom stereocenters. The van der Waals surface area contributed by atoms with Crippen molar-refractivity contribution in [3.8, 4) is 0 Å². The predicted octanol–water partition coefficient (Wildman–Crippen LogP) is 2.77. The summed E-state index contributed by atoms with van der Waals surface area (Å²) in [5, 5.41) is 7.58. The van der Waals surface area contributed by atoms with E-state index >= 15 is 0 Å². The number of nitrogens with zero attached hydrogens (tertiary/aromatic N) is 2. The molecule has 0 spiro atoms. The van der Waals surface area contributed by atoms with E-state index in [-0.39, 0.29) is 0 Å². The number of nitrogens with one attached hydrogen (secondary N) is 2. The van der Waals surface area contributed by atoms with Gasteiger partial charge in [0.15, 0.2) is 0 Å². The number of hydrogen-bond acceptors (Lipinski definition) is 6. The highest BCUT2D eigenvalue weighted by molar-refractivity contribution is 8.02. The first kappa shape index (κ1) is 20.1. The minimum atomic E-state index is 0.567. The predicted molar refractivity (Wildman–Crippen MR) is 103 cm³/mol. The van der Waals surface area contributed by atoms with Crippen LogP contribution in [0.15, 0.2) is 51.8 Å². The van der Waals surface area contributed by atoms with Crippen LogP contribution in [0.25, 0.3) is 0 Å². The Kier molecular flexibility index (Phi) is 9.72. The molecule has 1 aliphatic rings. The van der Waals surface area contributed by atoms with Crippen molar-refractivity contribution < 1.29 is 4.79 Å². The second kappa shape index (κ2) is 11.6. The first-order valence-corrected chi connectivity index (χ1v) is 9.07. The molecule has 5 nitrogen and oxygen atoms in total. The lowest BCUT2D eigenvalue weighted by atomic mass is 9.98. The van der Waals surface area contributed by atoms with Crippen molar-refractivity contribution in [2.75, 3.05) is 26.4 Å². The highest BCUT2D eigenvalue weighted by Gasteiger charge is 2.15. The first-order chi connectivity index (χ1) is 11.7. The first-order valence-electron chi connectivity index (χ1n) is 7.85. The number of hydrogen-bond donors (Lipinski definition) is 2. The Bertz CT molecular complexity index is 609. The van der Waals surface area contributed by atoms with E-state index < -0.39 is 0 Å². The Balaban J connectivity index is 0.000000307. The number of aromatic nitrogens is 1. The summed E-state index contributed by atoms with van der Waals surface area (Å²) < 4.78 is 0. The van der Waals surface area contributed by atoms with Gasteiger partial charge in [0.05, 0.1) is 12.3 Å². The van der Waals surface area contributed by atoms with Gasteiger partial charge in [-0.1, -0.05) is 6.08 Å². The number of rotatable bonds is 6. The van der Waals surface area contributed by atoms with Crippen LogP contribution >= 0.6 is 11.8 Å². The largest absolute Gasteiger partial charge is 0.316 e. The van der Waals surface area contributed by atoms with E-state index in [9.17, 15) is 4.79 Å². The molecule has 2 N–H and O–H groups in total. The molecule has 1 aromatic rings. The molecule has 6 heteroatoms. The normalized spacial score (nSPS) is 14.3. The topological polar surface area (TPSA) is 66.4 Å². The third-order valence-electron chi connectivity index (χ3n) is 3.51. The van der Waals surface area contributed by atoms with Gasteiger partial charge in [0.25, 0.3) is 0 Å². The highest BCUT2D eigenvalue weighted by Crippen LogP contribution is 2.15. The summed E-state index contributed by atoms with van der Waals surface area (Å²) in [5.41, 5.74) is 7.77. The zero-order chi connectivity index (χ0) is 17.8. The van der Waals surface area contributed by atoms with Crippen LogP contribution in [0.1, 0.15) is 25.8 Å². The molecule has 2 heterocycles. The molecule has 2 rings (SSSR count). The number of aldehydes is 1. The van der Waals surface area contributed by atoms with Crippen LogP contribution in [0.2, 0.25) is 0 Å². The van der Waals surface area contributed by atoms with Crippen LogP contribution in [-0.4, -0.2) is 43.4 Å². The fourth-order valence-electron chi connectivity index (χ4n) is 2.17. The van der Waals surface area contributed by atoms with E-state index in [0.717, 1.165) is 35.6 Å².